The molecule has 0 saturated carbocycles. The molecule has 0 atom stereocenters. The summed E-state index contributed by atoms with van der Waals surface area (Å²) in [6.07, 6.45) is 3.16. The van der Waals surface area contributed by atoms with Crippen LogP contribution in [0.15, 0.2) is 34.7 Å². The van der Waals surface area contributed by atoms with Crippen LogP contribution < -0.4 is 5.73 Å². The fourth-order valence-electron chi connectivity index (χ4n) is 2.53. The maximum absolute atomic E-state index is 13.1. The molecule has 138 valence electrons. The fourth-order valence-corrected chi connectivity index (χ4v) is 4.31. The second-order valence-corrected chi connectivity index (χ2v) is 9.29. The van der Waals surface area contributed by atoms with Gasteiger partial charge in [0.1, 0.15) is 0 Å². The van der Waals surface area contributed by atoms with E-state index in [0.717, 1.165) is 0 Å². The van der Waals surface area contributed by atoms with Crippen LogP contribution in [0.5, 0.6) is 0 Å². The molecular weight excluding hydrogens is 397 g/mol. The van der Waals surface area contributed by atoms with Crippen LogP contribution in [-0.4, -0.2) is 33.5 Å². The summed E-state index contributed by atoms with van der Waals surface area (Å²) in [4.78, 5) is 12.7. The summed E-state index contributed by atoms with van der Waals surface area (Å²) in [5.41, 5.74) is 6.43. The van der Waals surface area contributed by atoms with Gasteiger partial charge in [0, 0.05) is 31.4 Å². The highest BCUT2D eigenvalue weighted by atomic mass is 35.5. The van der Waals surface area contributed by atoms with Crippen LogP contribution in [0, 0.1) is 0 Å². The molecule has 3 aromatic rings. The Balaban J connectivity index is 2.33. The number of hydrogen-bond donors (Lipinski definition) is 1. The normalized spacial score (nSPS) is 12.7. The summed E-state index contributed by atoms with van der Waals surface area (Å²) >= 11 is 12.1. The fraction of sp³-hybridized carbons (Fsp3) is 0.312. The van der Waals surface area contributed by atoms with Gasteiger partial charge in [-0.3, -0.25) is 0 Å². The van der Waals surface area contributed by atoms with Crippen molar-refractivity contribution in [2.75, 3.05) is 0 Å². The highest BCUT2D eigenvalue weighted by molar-refractivity contribution is 7.91. The minimum atomic E-state index is -4.00. The zero-order valence-corrected chi connectivity index (χ0v) is 16.7. The van der Waals surface area contributed by atoms with Gasteiger partial charge in [-0.25, -0.2) is 23.4 Å². The van der Waals surface area contributed by atoms with Gasteiger partial charge in [-0.15, -0.1) is 0 Å². The molecule has 0 saturated heterocycles. The number of rotatable bonds is 4. The van der Waals surface area contributed by atoms with E-state index in [0.29, 0.717) is 16.1 Å². The first-order valence-electron chi connectivity index (χ1n) is 7.66. The van der Waals surface area contributed by atoms with Crippen molar-refractivity contribution in [3.05, 3.63) is 40.3 Å². The Morgan fingerprint density at radius 1 is 1.15 bits per heavy atom. The van der Waals surface area contributed by atoms with E-state index < -0.39 is 15.4 Å². The van der Waals surface area contributed by atoms with Crippen LogP contribution in [0.3, 0.4) is 0 Å². The lowest BCUT2D eigenvalue weighted by atomic mass is 10.0. The molecule has 0 aliphatic carbocycles. The Morgan fingerprint density at radius 2 is 1.73 bits per heavy atom. The zero-order valence-electron chi connectivity index (χ0n) is 14.4. The third kappa shape index (κ3) is 3.55. The molecule has 0 aliphatic rings. The zero-order chi connectivity index (χ0) is 19.3. The van der Waals surface area contributed by atoms with E-state index in [1.54, 1.807) is 33.2 Å². The first-order chi connectivity index (χ1) is 12.0. The minimum Gasteiger partial charge on any atom is -0.325 e. The van der Waals surface area contributed by atoms with Crippen molar-refractivity contribution < 1.29 is 8.42 Å². The average Bonchev–Trinajstić information content (AvgIpc) is 2.93. The van der Waals surface area contributed by atoms with Crippen LogP contribution in [0.4, 0.5) is 0 Å². The molecule has 2 aromatic heterocycles. The van der Waals surface area contributed by atoms with Gasteiger partial charge >= 0.3 is 0 Å². The molecule has 7 nitrogen and oxygen atoms in total. The maximum atomic E-state index is 13.1. The molecule has 3 rings (SSSR count). The van der Waals surface area contributed by atoms with Crippen LogP contribution in [0.1, 0.15) is 19.5 Å². The monoisotopic (exact) mass is 413 g/mol. The van der Waals surface area contributed by atoms with Crippen LogP contribution >= 0.6 is 23.2 Å². The van der Waals surface area contributed by atoms with E-state index in [1.807, 2.05) is 0 Å². The third-order valence-electron chi connectivity index (χ3n) is 3.64. The molecular formula is C16H17Cl2N5O2S. The molecule has 0 bridgehead atoms. The van der Waals surface area contributed by atoms with Gasteiger partial charge in [0.15, 0.2) is 5.03 Å². The highest BCUT2D eigenvalue weighted by Gasteiger charge is 2.30. The molecule has 10 heteroatoms. The molecule has 1 aromatic carbocycles. The van der Waals surface area contributed by atoms with E-state index in [1.165, 1.54) is 16.8 Å². The lowest BCUT2D eigenvalue weighted by Crippen LogP contribution is -2.35. The molecule has 0 amide bonds. The third-order valence-corrected chi connectivity index (χ3v) is 6.07. The van der Waals surface area contributed by atoms with Crippen LogP contribution in [0.25, 0.3) is 11.0 Å². The van der Waals surface area contributed by atoms with E-state index in [-0.39, 0.29) is 27.3 Å². The van der Waals surface area contributed by atoms with Gasteiger partial charge in [0.05, 0.1) is 26.8 Å². The number of sulfone groups is 1. The summed E-state index contributed by atoms with van der Waals surface area (Å²) in [5, 5.41) is 0.269. The quantitative estimate of drug-likeness (QED) is 0.704. The van der Waals surface area contributed by atoms with E-state index in [2.05, 4.69) is 15.0 Å². The molecule has 0 aliphatic heterocycles. The second-order valence-electron chi connectivity index (χ2n) is 6.72. The van der Waals surface area contributed by atoms with Gasteiger partial charge in [-0.1, -0.05) is 23.2 Å². The van der Waals surface area contributed by atoms with Crippen molar-refractivity contribution in [1.82, 2.24) is 19.5 Å². The number of imidazole rings is 1. The van der Waals surface area contributed by atoms with Crippen molar-refractivity contribution in [3.8, 4) is 0 Å². The first kappa shape index (κ1) is 19.0. The Bertz CT molecular complexity index is 1100. The van der Waals surface area contributed by atoms with Crippen molar-refractivity contribution in [3.63, 3.8) is 0 Å². The topological polar surface area (TPSA) is 104 Å². The number of hydrogen-bond acceptors (Lipinski definition) is 6. The van der Waals surface area contributed by atoms with E-state index in [9.17, 15) is 8.42 Å². The number of aromatic nitrogens is 4. The van der Waals surface area contributed by atoms with Gasteiger partial charge < -0.3 is 10.3 Å². The highest BCUT2D eigenvalue weighted by Crippen LogP contribution is 2.29. The average molecular weight is 414 g/mol. The molecule has 0 fully saturated rings. The summed E-state index contributed by atoms with van der Waals surface area (Å²) in [5.74, 6) is 0. The lowest BCUT2D eigenvalue weighted by molar-refractivity contribution is 0.501. The second kappa shape index (κ2) is 6.45. The van der Waals surface area contributed by atoms with Crippen molar-refractivity contribution >= 4 is 44.1 Å². The number of halogens is 2. The predicted molar refractivity (Wildman–Crippen MR) is 100 cm³/mol. The van der Waals surface area contributed by atoms with Crippen molar-refractivity contribution in [1.29, 1.82) is 0 Å². The van der Waals surface area contributed by atoms with Gasteiger partial charge in [0.2, 0.25) is 5.16 Å². The smallest absolute Gasteiger partial charge is 0.259 e. The largest absolute Gasteiger partial charge is 0.325 e. The summed E-state index contributed by atoms with van der Waals surface area (Å²) in [6, 6.07) is 3.04. The minimum absolute atomic E-state index is 0.123. The van der Waals surface area contributed by atoms with E-state index in [4.69, 9.17) is 28.9 Å². The molecule has 0 radical (unpaired) electrons. The molecule has 0 spiro atoms. The Kier molecular flexibility index (Phi) is 4.72. The van der Waals surface area contributed by atoms with Crippen molar-refractivity contribution in [2.24, 2.45) is 12.8 Å². The summed E-state index contributed by atoms with van der Waals surface area (Å²) in [7, 11) is -2.40. The Morgan fingerprint density at radius 3 is 2.23 bits per heavy atom. The van der Waals surface area contributed by atoms with Crippen molar-refractivity contribution in [2.45, 2.75) is 36.0 Å². The Hall–Kier alpha value is -1.74. The number of nitrogens with two attached hydrogens (primary N) is 1. The molecule has 26 heavy (non-hydrogen) atoms. The van der Waals surface area contributed by atoms with Crippen LogP contribution in [0.2, 0.25) is 10.0 Å². The van der Waals surface area contributed by atoms with Gasteiger partial charge in [0.25, 0.3) is 9.84 Å². The standard InChI is InChI=1S/C16H17Cl2N5O2S/c1-16(2,19)8-13-14(26(24,25)15-20-4-5-23(15)3)22-12-7-10(18)9(17)6-11(12)21-13/h4-7H,8,19H2,1-3H3. The number of benzene rings is 1. The van der Waals surface area contributed by atoms with Crippen LogP contribution in [-0.2, 0) is 23.3 Å². The number of nitrogens with zero attached hydrogens (tertiary/aromatic N) is 4. The summed E-state index contributed by atoms with van der Waals surface area (Å²) < 4.78 is 27.7. The van der Waals surface area contributed by atoms with Gasteiger partial charge in [-0.05, 0) is 26.0 Å². The molecule has 2 heterocycles. The van der Waals surface area contributed by atoms with E-state index >= 15 is 0 Å². The number of fused-ring (bicyclic) bond motifs is 1. The number of aryl methyl sites for hydroxylation is 1. The molecule has 2 N–H and O–H groups in total. The predicted octanol–water partition coefficient (Wildman–Crippen LogP) is 2.78. The lowest BCUT2D eigenvalue weighted by Gasteiger charge is -2.19. The maximum Gasteiger partial charge on any atom is 0.259 e. The summed E-state index contributed by atoms with van der Waals surface area (Å²) in [6.45, 7) is 3.57. The molecule has 0 unspecified atom stereocenters. The first-order valence-corrected chi connectivity index (χ1v) is 9.90. The Labute approximate surface area is 161 Å². The van der Waals surface area contributed by atoms with Gasteiger partial charge in [-0.2, -0.15) is 0 Å². The SMILES string of the molecule is Cn1ccnc1S(=O)(=O)c1nc2cc(Cl)c(Cl)cc2nc1CC(C)(C)N.